The Morgan fingerprint density at radius 2 is 1.69 bits per heavy atom. The Kier molecular flexibility index (Phi) is 5.17. The highest BCUT2D eigenvalue weighted by Crippen LogP contribution is 2.28. The first-order valence-corrected chi connectivity index (χ1v) is 11.9. The van der Waals surface area contributed by atoms with Crippen LogP contribution in [0.4, 0.5) is 0 Å². The molecule has 2 aliphatic rings. The number of piperidine rings is 1. The van der Waals surface area contributed by atoms with Gasteiger partial charge in [0.2, 0.25) is 0 Å². The third-order valence-electron chi connectivity index (χ3n) is 6.90. The summed E-state index contributed by atoms with van der Waals surface area (Å²) in [5, 5.41) is 0. The van der Waals surface area contributed by atoms with Gasteiger partial charge in [0.25, 0.3) is 17.7 Å². The van der Waals surface area contributed by atoms with Crippen molar-refractivity contribution in [1.29, 1.82) is 0 Å². The monoisotopic (exact) mass is 464 g/mol. The molecule has 35 heavy (non-hydrogen) atoms. The molecule has 0 spiro atoms. The van der Waals surface area contributed by atoms with Crippen LogP contribution in [0.5, 0.6) is 0 Å². The van der Waals surface area contributed by atoms with Crippen molar-refractivity contribution < 1.29 is 14.4 Å². The maximum Gasteiger partial charge on any atom is 0.261 e. The fraction of sp³-hybridized carbons (Fsp3) is 0.214. The average molecular weight is 465 g/mol. The second-order valence-electron chi connectivity index (χ2n) is 9.17. The zero-order valence-electron chi connectivity index (χ0n) is 19.1. The van der Waals surface area contributed by atoms with E-state index in [0.717, 1.165) is 35.3 Å². The molecule has 0 radical (unpaired) electrons. The number of para-hydroxylation sites is 2. The summed E-state index contributed by atoms with van der Waals surface area (Å²) in [7, 11) is 0. The number of likely N-dealkylation sites (tertiary alicyclic amines) is 1. The van der Waals surface area contributed by atoms with Crippen molar-refractivity contribution in [2.75, 3.05) is 13.1 Å². The molecule has 1 atom stereocenters. The highest BCUT2D eigenvalue weighted by molar-refractivity contribution is 6.21. The number of carbonyl (C=O) groups excluding carboxylic acids is 3. The van der Waals surface area contributed by atoms with Gasteiger partial charge >= 0.3 is 0 Å². The number of aromatic amines is 1. The fourth-order valence-corrected chi connectivity index (χ4v) is 5.10. The Balaban J connectivity index is 1.18. The Labute approximate surface area is 202 Å². The van der Waals surface area contributed by atoms with E-state index in [1.54, 1.807) is 42.5 Å². The van der Waals surface area contributed by atoms with Gasteiger partial charge < -0.3 is 9.88 Å². The van der Waals surface area contributed by atoms with Crippen molar-refractivity contribution in [3.05, 3.63) is 101 Å². The SMILES string of the molecule is O=C(c1cccc(CN2C(=O)c3ccccc3C2=O)c1)N1CCCC(c2nc3ccccc3[nH]2)C1. The maximum atomic E-state index is 13.4. The molecule has 174 valence electrons. The highest BCUT2D eigenvalue weighted by Gasteiger charge is 2.35. The van der Waals surface area contributed by atoms with Gasteiger partial charge in [0.05, 0.1) is 28.7 Å². The zero-order chi connectivity index (χ0) is 23.9. The van der Waals surface area contributed by atoms with Gasteiger partial charge in [-0.15, -0.1) is 0 Å². The van der Waals surface area contributed by atoms with Crippen molar-refractivity contribution >= 4 is 28.8 Å². The predicted molar refractivity (Wildman–Crippen MR) is 131 cm³/mol. The van der Waals surface area contributed by atoms with E-state index in [0.29, 0.717) is 29.8 Å². The molecule has 7 nitrogen and oxygen atoms in total. The van der Waals surface area contributed by atoms with Crippen LogP contribution in [0.25, 0.3) is 11.0 Å². The number of amides is 3. The number of nitrogens with one attached hydrogen (secondary N) is 1. The summed E-state index contributed by atoms with van der Waals surface area (Å²) in [6.45, 7) is 1.43. The van der Waals surface area contributed by atoms with Crippen LogP contribution in [0.15, 0.2) is 72.8 Å². The largest absolute Gasteiger partial charge is 0.342 e. The summed E-state index contributed by atoms with van der Waals surface area (Å²) in [5.41, 5.74) is 4.10. The fourth-order valence-electron chi connectivity index (χ4n) is 5.10. The first-order valence-electron chi connectivity index (χ1n) is 11.9. The summed E-state index contributed by atoms with van der Waals surface area (Å²) >= 11 is 0. The first-order chi connectivity index (χ1) is 17.1. The number of fused-ring (bicyclic) bond motifs is 2. The van der Waals surface area contributed by atoms with E-state index in [1.165, 1.54) is 4.90 Å². The maximum absolute atomic E-state index is 13.4. The normalized spacial score (nSPS) is 17.8. The van der Waals surface area contributed by atoms with Gasteiger partial charge in [0.15, 0.2) is 0 Å². The Bertz CT molecular complexity index is 1410. The van der Waals surface area contributed by atoms with E-state index in [1.807, 2.05) is 35.2 Å². The minimum Gasteiger partial charge on any atom is -0.342 e. The van der Waals surface area contributed by atoms with Crippen molar-refractivity contribution in [2.24, 2.45) is 0 Å². The molecule has 7 heteroatoms. The molecular weight excluding hydrogens is 440 g/mol. The summed E-state index contributed by atoms with van der Waals surface area (Å²) in [4.78, 5) is 50.1. The van der Waals surface area contributed by atoms with E-state index in [4.69, 9.17) is 4.98 Å². The smallest absolute Gasteiger partial charge is 0.261 e. The van der Waals surface area contributed by atoms with Gasteiger partial charge in [-0.2, -0.15) is 0 Å². The van der Waals surface area contributed by atoms with Crippen molar-refractivity contribution in [3.8, 4) is 0 Å². The zero-order valence-corrected chi connectivity index (χ0v) is 19.1. The number of hydrogen-bond acceptors (Lipinski definition) is 4. The third-order valence-corrected chi connectivity index (χ3v) is 6.90. The molecule has 1 aromatic heterocycles. The average Bonchev–Trinajstić information content (AvgIpc) is 3.44. The molecule has 3 aromatic carbocycles. The Morgan fingerprint density at radius 3 is 2.46 bits per heavy atom. The lowest BCUT2D eigenvalue weighted by molar-refractivity contribution is 0.0642. The van der Waals surface area contributed by atoms with E-state index in [9.17, 15) is 14.4 Å². The van der Waals surface area contributed by atoms with Crippen LogP contribution >= 0.6 is 0 Å². The Hall–Kier alpha value is -4.26. The third kappa shape index (κ3) is 3.79. The molecule has 1 fully saturated rings. The molecular formula is C28H24N4O3. The van der Waals surface area contributed by atoms with Gasteiger partial charge in [0, 0.05) is 24.6 Å². The van der Waals surface area contributed by atoms with E-state index in [-0.39, 0.29) is 30.2 Å². The number of benzene rings is 3. The summed E-state index contributed by atoms with van der Waals surface area (Å²) in [5.74, 6) is 0.429. The number of nitrogens with zero attached hydrogens (tertiary/aromatic N) is 3. The number of imide groups is 1. The van der Waals surface area contributed by atoms with Crippen LogP contribution in [0, 0.1) is 0 Å². The van der Waals surface area contributed by atoms with Crippen molar-refractivity contribution in [1.82, 2.24) is 19.8 Å². The summed E-state index contributed by atoms with van der Waals surface area (Å²) in [6, 6.07) is 22.0. The van der Waals surface area contributed by atoms with Crippen LogP contribution in [-0.4, -0.2) is 50.6 Å². The number of hydrogen-bond donors (Lipinski definition) is 1. The van der Waals surface area contributed by atoms with Crippen LogP contribution in [0.1, 0.15) is 61.2 Å². The molecule has 0 bridgehead atoms. The van der Waals surface area contributed by atoms with E-state index in [2.05, 4.69) is 4.98 Å². The van der Waals surface area contributed by atoms with Gasteiger partial charge in [-0.3, -0.25) is 19.3 Å². The molecule has 1 N–H and O–H groups in total. The lowest BCUT2D eigenvalue weighted by Crippen LogP contribution is -2.39. The second kappa shape index (κ2) is 8.51. The van der Waals surface area contributed by atoms with Crippen molar-refractivity contribution in [2.45, 2.75) is 25.3 Å². The molecule has 0 aliphatic carbocycles. The van der Waals surface area contributed by atoms with Crippen LogP contribution in [-0.2, 0) is 6.54 Å². The minimum absolute atomic E-state index is 0.0463. The number of rotatable bonds is 4. The molecule has 1 unspecified atom stereocenters. The summed E-state index contributed by atoms with van der Waals surface area (Å²) in [6.07, 6.45) is 1.88. The van der Waals surface area contributed by atoms with Crippen molar-refractivity contribution in [3.63, 3.8) is 0 Å². The van der Waals surface area contributed by atoms with Crippen LogP contribution in [0.2, 0.25) is 0 Å². The standard InChI is InChI=1S/C28H24N4O3/c33-26(31-14-6-9-20(17-31)25-29-23-12-3-4-13-24(23)30-25)19-8-5-7-18(15-19)16-32-27(34)21-10-1-2-11-22(21)28(32)35/h1-5,7-8,10-13,15,20H,6,9,14,16-17H2,(H,29,30). The molecule has 3 amide bonds. The lowest BCUT2D eigenvalue weighted by atomic mass is 9.96. The lowest BCUT2D eigenvalue weighted by Gasteiger charge is -2.32. The van der Waals surface area contributed by atoms with E-state index >= 15 is 0 Å². The number of carbonyl (C=O) groups is 3. The molecule has 3 heterocycles. The molecule has 1 saturated heterocycles. The van der Waals surface area contributed by atoms with Gasteiger partial charge in [-0.1, -0.05) is 36.4 Å². The number of imidazole rings is 1. The topological polar surface area (TPSA) is 86.4 Å². The molecule has 2 aliphatic heterocycles. The number of H-pyrrole nitrogens is 1. The van der Waals surface area contributed by atoms with Crippen LogP contribution < -0.4 is 0 Å². The number of aromatic nitrogens is 2. The van der Waals surface area contributed by atoms with Crippen LogP contribution in [0.3, 0.4) is 0 Å². The molecule has 0 saturated carbocycles. The quantitative estimate of drug-likeness (QED) is 0.454. The summed E-state index contributed by atoms with van der Waals surface area (Å²) < 4.78 is 0. The Morgan fingerprint density at radius 1 is 0.943 bits per heavy atom. The first kappa shape index (κ1) is 21.3. The minimum atomic E-state index is -0.299. The highest BCUT2D eigenvalue weighted by atomic mass is 16.2. The van der Waals surface area contributed by atoms with Gasteiger partial charge in [-0.05, 0) is 54.8 Å². The van der Waals surface area contributed by atoms with E-state index < -0.39 is 0 Å². The molecule has 6 rings (SSSR count). The van der Waals surface area contributed by atoms with Gasteiger partial charge in [0.1, 0.15) is 5.82 Å². The molecule has 4 aromatic rings. The predicted octanol–water partition coefficient (Wildman–Crippen LogP) is 4.38. The van der Waals surface area contributed by atoms with Gasteiger partial charge in [-0.25, -0.2) is 4.98 Å². The second-order valence-corrected chi connectivity index (χ2v) is 9.17.